The van der Waals surface area contributed by atoms with Crippen LogP contribution in [0.3, 0.4) is 0 Å². The minimum absolute atomic E-state index is 0. The maximum atomic E-state index is 9.23. The summed E-state index contributed by atoms with van der Waals surface area (Å²) in [7, 11) is 9.30. The van der Waals surface area contributed by atoms with Crippen molar-refractivity contribution in [1.82, 2.24) is 0 Å². The summed E-state index contributed by atoms with van der Waals surface area (Å²) in [6.45, 7) is 0. The molecule has 5 heavy (non-hydrogen) atoms. The fraction of sp³-hybridized carbons (Fsp3) is 0. The molecule has 0 aliphatic carbocycles. The second-order valence-electron chi connectivity index (χ2n) is 0.226. The van der Waals surface area contributed by atoms with Crippen molar-refractivity contribution in [3.05, 3.63) is 0 Å². The van der Waals surface area contributed by atoms with Gasteiger partial charge in [0.25, 0.3) is 0 Å². The second-order valence-corrected chi connectivity index (χ2v) is 4.56. The fourth-order valence-electron chi connectivity index (χ4n) is 0. The summed E-state index contributed by atoms with van der Waals surface area (Å²) in [6, 6.07) is 0. The topological polar surface area (TPSA) is 48.6 Å². The zero-order valence-electron chi connectivity index (χ0n) is 2.16. The van der Waals surface area contributed by atoms with Crippen molar-refractivity contribution in [1.29, 1.82) is 0 Å². The van der Waals surface area contributed by atoms with Gasteiger partial charge in [0.15, 0.2) is 0 Å². The van der Waals surface area contributed by atoms with Gasteiger partial charge in [-0.2, -0.15) is 0 Å². The summed E-state index contributed by atoms with van der Waals surface area (Å²) in [6.07, 6.45) is 0. The van der Waals surface area contributed by atoms with Crippen LogP contribution in [0.25, 0.3) is 0 Å². The average molecular weight is 153 g/mol. The molecule has 0 amide bonds. The number of hydrogen-bond donors (Lipinski definition) is 0. The van der Waals surface area contributed by atoms with Crippen LogP contribution in [0, 0.1) is 0 Å². The van der Waals surface area contributed by atoms with Crippen LogP contribution in [0.5, 0.6) is 0 Å². The molecule has 2 N–H and O–H groups in total. The molecule has 0 aliphatic rings. The van der Waals surface area contributed by atoms with Crippen LogP contribution in [0.1, 0.15) is 0 Å². The first-order valence-electron chi connectivity index (χ1n) is 0.582. The van der Waals surface area contributed by atoms with E-state index in [1.807, 2.05) is 0 Å². The van der Waals surface area contributed by atoms with E-state index >= 15 is 0 Å². The van der Waals surface area contributed by atoms with Crippen LogP contribution in [0.15, 0.2) is 0 Å². The Morgan fingerprint density at radius 1 is 1.40 bits per heavy atom. The van der Waals surface area contributed by atoms with E-state index in [4.69, 9.17) is 0 Å². The van der Waals surface area contributed by atoms with Gasteiger partial charge >= 0.3 is 37.7 Å². The predicted octanol–water partition coefficient (Wildman–Crippen LogP) is 0.433. The molecule has 0 radical (unpaired) electrons. The SMILES string of the molecule is O.[O]=[Ti]([Cl])[Cl]. The van der Waals surface area contributed by atoms with Crippen LogP contribution < -0.4 is 0 Å². The molecule has 0 heterocycles. The van der Waals surface area contributed by atoms with Gasteiger partial charge in [-0.1, -0.05) is 0 Å². The van der Waals surface area contributed by atoms with Crippen LogP contribution in [-0.2, 0) is 19.0 Å². The van der Waals surface area contributed by atoms with E-state index in [0.29, 0.717) is 0 Å². The first-order chi connectivity index (χ1) is 1.73. The van der Waals surface area contributed by atoms with Gasteiger partial charge in [-0.25, -0.2) is 0 Å². The molecule has 0 fully saturated rings. The van der Waals surface area contributed by atoms with Crippen molar-refractivity contribution in [2.45, 2.75) is 0 Å². The summed E-state index contributed by atoms with van der Waals surface area (Å²) < 4.78 is 9.23. The molecule has 0 bridgehead atoms. The Hall–Kier alpha value is 1.05. The molecule has 0 rings (SSSR count). The molecule has 0 atom stereocenters. The van der Waals surface area contributed by atoms with Gasteiger partial charge in [0, 0.05) is 0 Å². The van der Waals surface area contributed by atoms with Gasteiger partial charge in [0.1, 0.15) is 0 Å². The van der Waals surface area contributed by atoms with E-state index in [0.717, 1.165) is 0 Å². The van der Waals surface area contributed by atoms with E-state index in [1.54, 1.807) is 0 Å². The van der Waals surface area contributed by atoms with Gasteiger partial charge in [-0.15, -0.1) is 0 Å². The Bertz CT molecular complexity index is 30.6. The Morgan fingerprint density at radius 2 is 1.40 bits per heavy atom. The zero-order chi connectivity index (χ0) is 3.58. The molecular formula is H2Cl2O2Ti. The number of rotatable bonds is 0. The quantitative estimate of drug-likeness (QED) is 0.465. The van der Waals surface area contributed by atoms with Crippen molar-refractivity contribution in [2.24, 2.45) is 0 Å². The first kappa shape index (κ1) is 9.41. The molecule has 0 unspecified atom stereocenters. The van der Waals surface area contributed by atoms with Crippen molar-refractivity contribution in [3.8, 4) is 0 Å². The molecule has 0 aromatic heterocycles. The van der Waals surface area contributed by atoms with Crippen LogP contribution in [0.4, 0.5) is 0 Å². The zero-order valence-corrected chi connectivity index (χ0v) is 5.24. The fourth-order valence-corrected chi connectivity index (χ4v) is 0. The van der Waals surface area contributed by atoms with Crippen molar-refractivity contribution < 1.29 is 24.5 Å². The molecule has 0 saturated heterocycles. The summed E-state index contributed by atoms with van der Waals surface area (Å²) >= 11 is -2.64. The predicted molar refractivity (Wildman–Crippen MR) is 16.0 cm³/mol. The average Bonchev–Trinajstić information content (AvgIpc) is 0.811. The van der Waals surface area contributed by atoms with Crippen molar-refractivity contribution >= 4 is 18.6 Å². The molecule has 32 valence electrons. The normalized spacial score (nSPS) is 5.20. The van der Waals surface area contributed by atoms with Crippen LogP contribution in [0.2, 0.25) is 0 Å². The molecule has 0 spiro atoms. The van der Waals surface area contributed by atoms with Gasteiger partial charge in [-0.3, -0.25) is 0 Å². The van der Waals surface area contributed by atoms with E-state index in [9.17, 15) is 3.32 Å². The van der Waals surface area contributed by atoms with Crippen molar-refractivity contribution in [2.75, 3.05) is 0 Å². The Labute approximate surface area is 43.3 Å². The molecule has 0 saturated carbocycles. The first-order valence-corrected chi connectivity index (χ1v) is 5.52. The van der Waals surface area contributed by atoms with E-state index in [1.165, 1.54) is 0 Å². The van der Waals surface area contributed by atoms with Crippen molar-refractivity contribution in [3.63, 3.8) is 0 Å². The second kappa shape index (κ2) is 5.05. The summed E-state index contributed by atoms with van der Waals surface area (Å²) in [5.41, 5.74) is 0. The van der Waals surface area contributed by atoms with Gasteiger partial charge < -0.3 is 5.48 Å². The third-order valence-corrected chi connectivity index (χ3v) is 0. The summed E-state index contributed by atoms with van der Waals surface area (Å²) in [5, 5.41) is 0. The molecule has 0 aromatic rings. The van der Waals surface area contributed by atoms with E-state index in [-0.39, 0.29) is 5.48 Å². The number of halogens is 2. The van der Waals surface area contributed by atoms with Crippen LogP contribution >= 0.6 is 18.6 Å². The Kier molecular flexibility index (Phi) is 9.51. The minimum atomic E-state index is -2.64. The maximum absolute atomic E-state index is 9.23. The van der Waals surface area contributed by atoms with Gasteiger partial charge in [-0.05, 0) is 0 Å². The summed E-state index contributed by atoms with van der Waals surface area (Å²) in [4.78, 5) is 0. The molecule has 2 nitrogen and oxygen atoms in total. The Morgan fingerprint density at radius 3 is 1.40 bits per heavy atom. The molecular weight excluding hydrogens is 151 g/mol. The van der Waals surface area contributed by atoms with Gasteiger partial charge in [0.2, 0.25) is 0 Å². The molecule has 5 heteroatoms. The van der Waals surface area contributed by atoms with Crippen LogP contribution in [-0.4, -0.2) is 5.48 Å². The third kappa shape index (κ3) is 42.4. The summed E-state index contributed by atoms with van der Waals surface area (Å²) in [5.74, 6) is 0. The third-order valence-electron chi connectivity index (χ3n) is 0. The standard InChI is InChI=1S/2ClH.H2O.O.Ti/h2*1H;1H2;;/q;;;;+2/p-2. The number of hydrogen-bond acceptors (Lipinski definition) is 1. The monoisotopic (exact) mass is 152 g/mol. The van der Waals surface area contributed by atoms with Gasteiger partial charge in [0.05, 0.1) is 0 Å². The Balaban J connectivity index is 0. The molecule has 0 aliphatic heterocycles. The molecule has 0 aromatic carbocycles. The van der Waals surface area contributed by atoms with E-state index in [2.05, 4.69) is 18.6 Å². The van der Waals surface area contributed by atoms with E-state index < -0.39 is 15.7 Å².